The van der Waals surface area contributed by atoms with Gasteiger partial charge >= 0.3 is 6.03 Å². The van der Waals surface area contributed by atoms with E-state index in [0.29, 0.717) is 18.9 Å². The highest BCUT2D eigenvalue weighted by Crippen LogP contribution is 2.23. The number of fused-ring (bicyclic) bond motifs is 1. The standard InChI is InChI=1S/C19H27N5O2/c1-4-11-23-15-9-6-5-8-14(15)21-18(23)22-17(25)16-10-7-12-24(16)19(26)20-13(2)3/h5-6,8-9,13,16H,4,7,10-12H2,1-3H3,(H,20,26)(H,21,22,25)/t16-/m0/s1. The average Bonchev–Trinajstić information content (AvgIpc) is 3.20. The molecule has 3 rings (SSSR count). The molecule has 1 aliphatic heterocycles. The van der Waals surface area contributed by atoms with E-state index in [0.717, 1.165) is 30.4 Å². The van der Waals surface area contributed by atoms with E-state index in [1.807, 2.05) is 42.7 Å². The van der Waals surface area contributed by atoms with Crippen molar-refractivity contribution in [3.05, 3.63) is 24.3 Å². The van der Waals surface area contributed by atoms with Gasteiger partial charge < -0.3 is 14.8 Å². The first-order valence-corrected chi connectivity index (χ1v) is 9.34. The quantitative estimate of drug-likeness (QED) is 0.863. The van der Waals surface area contributed by atoms with Crippen LogP contribution in [-0.4, -0.2) is 45.0 Å². The lowest BCUT2D eigenvalue weighted by Crippen LogP contribution is -2.49. The molecule has 0 bridgehead atoms. The molecule has 0 unspecified atom stereocenters. The van der Waals surface area contributed by atoms with Gasteiger partial charge in [-0.15, -0.1) is 0 Å². The van der Waals surface area contributed by atoms with Crippen LogP contribution in [0.25, 0.3) is 11.0 Å². The fourth-order valence-corrected chi connectivity index (χ4v) is 3.43. The molecule has 7 nitrogen and oxygen atoms in total. The second-order valence-corrected chi connectivity index (χ2v) is 7.02. The van der Waals surface area contributed by atoms with Gasteiger partial charge in [-0.05, 0) is 45.2 Å². The molecule has 0 spiro atoms. The maximum Gasteiger partial charge on any atom is 0.318 e. The maximum atomic E-state index is 12.9. The van der Waals surface area contributed by atoms with Crippen molar-refractivity contribution in [1.29, 1.82) is 0 Å². The van der Waals surface area contributed by atoms with Crippen molar-refractivity contribution in [3.63, 3.8) is 0 Å². The molecule has 1 aliphatic rings. The normalized spacial score (nSPS) is 17.1. The number of aromatic nitrogens is 2. The Labute approximate surface area is 153 Å². The molecular formula is C19H27N5O2. The lowest BCUT2D eigenvalue weighted by molar-refractivity contribution is -0.119. The van der Waals surface area contributed by atoms with Crippen molar-refractivity contribution in [2.75, 3.05) is 11.9 Å². The molecule has 1 aromatic heterocycles. The van der Waals surface area contributed by atoms with E-state index < -0.39 is 6.04 Å². The summed E-state index contributed by atoms with van der Waals surface area (Å²) < 4.78 is 2.03. The minimum atomic E-state index is -0.455. The van der Waals surface area contributed by atoms with Crippen LogP contribution in [0, 0.1) is 0 Å². The van der Waals surface area contributed by atoms with Crippen LogP contribution in [0.3, 0.4) is 0 Å². The second-order valence-electron chi connectivity index (χ2n) is 7.02. The van der Waals surface area contributed by atoms with Crippen LogP contribution in [0.2, 0.25) is 0 Å². The minimum absolute atomic E-state index is 0.0422. The number of carbonyl (C=O) groups is 2. The Bertz CT molecular complexity index is 798. The third-order valence-electron chi connectivity index (χ3n) is 4.57. The number of para-hydroxylation sites is 2. The summed E-state index contributed by atoms with van der Waals surface area (Å²) in [5, 5.41) is 5.83. The van der Waals surface area contributed by atoms with Crippen LogP contribution in [0.15, 0.2) is 24.3 Å². The van der Waals surface area contributed by atoms with E-state index in [4.69, 9.17) is 0 Å². The number of hydrogen-bond acceptors (Lipinski definition) is 3. The maximum absolute atomic E-state index is 12.9. The van der Waals surface area contributed by atoms with Crippen molar-refractivity contribution < 1.29 is 9.59 Å². The number of nitrogens with one attached hydrogen (secondary N) is 2. The summed E-state index contributed by atoms with van der Waals surface area (Å²) >= 11 is 0. The highest BCUT2D eigenvalue weighted by atomic mass is 16.2. The summed E-state index contributed by atoms with van der Waals surface area (Å²) in [5.41, 5.74) is 1.86. The zero-order chi connectivity index (χ0) is 18.7. The van der Waals surface area contributed by atoms with E-state index >= 15 is 0 Å². The molecule has 3 amide bonds. The third kappa shape index (κ3) is 3.66. The van der Waals surface area contributed by atoms with Crippen LogP contribution in [0.5, 0.6) is 0 Å². The summed E-state index contributed by atoms with van der Waals surface area (Å²) in [6, 6.07) is 7.26. The van der Waals surface area contributed by atoms with Gasteiger partial charge in [0.1, 0.15) is 6.04 Å². The first-order valence-electron chi connectivity index (χ1n) is 9.34. The Hall–Kier alpha value is -2.57. The van der Waals surface area contributed by atoms with Crippen molar-refractivity contribution in [1.82, 2.24) is 19.8 Å². The van der Waals surface area contributed by atoms with Crippen molar-refractivity contribution in [2.24, 2.45) is 0 Å². The van der Waals surface area contributed by atoms with Gasteiger partial charge in [-0.1, -0.05) is 19.1 Å². The van der Waals surface area contributed by atoms with Gasteiger partial charge in [0.05, 0.1) is 11.0 Å². The molecule has 1 atom stereocenters. The number of aryl methyl sites for hydroxylation is 1. The topological polar surface area (TPSA) is 79.3 Å². The molecular weight excluding hydrogens is 330 g/mol. The number of carbonyl (C=O) groups excluding carboxylic acids is 2. The predicted molar refractivity (Wildman–Crippen MR) is 102 cm³/mol. The Balaban J connectivity index is 1.80. The predicted octanol–water partition coefficient (Wildman–Crippen LogP) is 2.97. The van der Waals surface area contributed by atoms with Crippen LogP contribution in [0.1, 0.15) is 40.0 Å². The summed E-state index contributed by atoms with van der Waals surface area (Å²) in [6.45, 7) is 7.29. The monoisotopic (exact) mass is 357 g/mol. The van der Waals surface area contributed by atoms with Crippen molar-refractivity contribution in [2.45, 2.75) is 58.7 Å². The lowest BCUT2D eigenvalue weighted by Gasteiger charge is -2.25. The molecule has 0 saturated carbocycles. The van der Waals surface area contributed by atoms with Crippen molar-refractivity contribution in [3.8, 4) is 0 Å². The molecule has 0 aliphatic carbocycles. The number of nitrogens with zero attached hydrogens (tertiary/aromatic N) is 3. The summed E-state index contributed by atoms with van der Waals surface area (Å²) in [4.78, 5) is 31.4. The molecule has 140 valence electrons. The SMILES string of the molecule is CCCn1c(NC(=O)[C@@H]2CCCN2C(=O)NC(C)C)nc2ccccc21. The number of amides is 3. The molecule has 7 heteroatoms. The highest BCUT2D eigenvalue weighted by molar-refractivity contribution is 5.97. The number of urea groups is 1. The van der Waals surface area contributed by atoms with E-state index in [2.05, 4.69) is 22.5 Å². The molecule has 1 saturated heterocycles. The number of rotatable bonds is 5. The number of likely N-dealkylation sites (tertiary alicyclic amines) is 1. The van der Waals surface area contributed by atoms with Gasteiger partial charge in [0.25, 0.3) is 0 Å². The number of imidazole rings is 1. The Morgan fingerprint density at radius 3 is 2.81 bits per heavy atom. The van der Waals surface area contributed by atoms with Gasteiger partial charge in [-0.25, -0.2) is 9.78 Å². The fraction of sp³-hybridized carbons (Fsp3) is 0.526. The molecule has 1 aromatic carbocycles. The summed E-state index contributed by atoms with van der Waals surface area (Å²) in [5.74, 6) is 0.378. The number of benzene rings is 1. The van der Waals surface area contributed by atoms with E-state index in [-0.39, 0.29) is 18.0 Å². The Morgan fingerprint density at radius 1 is 1.31 bits per heavy atom. The first-order chi connectivity index (χ1) is 12.5. The molecule has 0 radical (unpaired) electrons. The molecule has 2 aromatic rings. The fourth-order valence-electron chi connectivity index (χ4n) is 3.43. The van der Waals surface area contributed by atoms with Crippen LogP contribution >= 0.6 is 0 Å². The largest absolute Gasteiger partial charge is 0.336 e. The summed E-state index contributed by atoms with van der Waals surface area (Å²) in [6.07, 6.45) is 2.44. The minimum Gasteiger partial charge on any atom is -0.336 e. The zero-order valence-electron chi connectivity index (χ0n) is 15.7. The summed E-state index contributed by atoms with van der Waals surface area (Å²) in [7, 11) is 0. The Kier molecular flexibility index (Phi) is 5.44. The van der Waals surface area contributed by atoms with Crippen LogP contribution in [-0.2, 0) is 11.3 Å². The molecule has 2 heterocycles. The molecule has 1 fully saturated rings. The molecule has 26 heavy (non-hydrogen) atoms. The van der Waals surface area contributed by atoms with Crippen molar-refractivity contribution >= 4 is 28.9 Å². The average molecular weight is 357 g/mol. The van der Waals surface area contributed by atoms with Gasteiger partial charge in [-0.2, -0.15) is 0 Å². The zero-order valence-corrected chi connectivity index (χ0v) is 15.7. The van der Waals surface area contributed by atoms with E-state index in [1.165, 1.54) is 0 Å². The smallest absolute Gasteiger partial charge is 0.318 e. The van der Waals surface area contributed by atoms with E-state index in [9.17, 15) is 9.59 Å². The van der Waals surface area contributed by atoms with Crippen LogP contribution in [0.4, 0.5) is 10.7 Å². The van der Waals surface area contributed by atoms with Gasteiger partial charge in [-0.3, -0.25) is 10.1 Å². The third-order valence-corrected chi connectivity index (χ3v) is 4.57. The first kappa shape index (κ1) is 18.2. The number of hydrogen-bond donors (Lipinski definition) is 2. The Morgan fingerprint density at radius 2 is 2.08 bits per heavy atom. The second kappa shape index (κ2) is 7.76. The van der Waals surface area contributed by atoms with Gasteiger partial charge in [0, 0.05) is 19.1 Å². The van der Waals surface area contributed by atoms with Gasteiger partial charge in [0.2, 0.25) is 11.9 Å². The van der Waals surface area contributed by atoms with Gasteiger partial charge in [0.15, 0.2) is 0 Å². The van der Waals surface area contributed by atoms with E-state index in [1.54, 1.807) is 4.90 Å². The highest BCUT2D eigenvalue weighted by Gasteiger charge is 2.34. The van der Waals surface area contributed by atoms with Crippen LogP contribution < -0.4 is 10.6 Å². The molecule has 2 N–H and O–H groups in total. The lowest BCUT2D eigenvalue weighted by atomic mass is 10.2. The number of anilines is 1.